The lowest BCUT2D eigenvalue weighted by atomic mass is 9.96. The van der Waals surface area contributed by atoms with Gasteiger partial charge in [0.25, 0.3) is 5.91 Å². The first-order valence-electron chi connectivity index (χ1n) is 14.3. The van der Waals surface area contributed by atoms with E-state index in [0.717, 1.165) is 27.6 Å². The first-order chi connectivity index (χ1) is 19.0. The van der Waals surface area contributed by atoms with Crippen molar-refractivity contribution in [1.29, 1.82) is 0 Å². The van der Waals surface area contributed by atoms with Crippen molar-refractivity contribution >= 4 is 22.8 Å². The molecule has 0 aliphatic carbocycles. The van der Waals surface area contributed by atoms with Gasteiger partial charge in [0.2, 0.25) is 0 Å². The van der Waals surface area contributed by atoms with Gasteiger partial charge >= 0.3 is 6.03 Å². The minimum atomic E-state index is -0.398. The Balaban J connectivity index is 1.79. The number of aliphatic hydroxyl groups is 1. The standard InChI is InChI=1S/C32H44N4O4/c1-20(2)23(5)33-32(39)34(6)17-28-21(3)16-36(22(4)18-37)31(38)30-29(25-13-9-8-12-24(25)19-40-28)26-14-10-11-15-27(26)35(30)7/h8-15,20-23,28,37H,16-19H2,1-7H3,(H,33,39)/t21-,22-,23-,28+/m0/s1. The van der Waals surface area contributed by atoms with Crippen LogP contribution in [0.1, 0.15) is 50.7 Å². The van der Waals surface area contributed by atoms with Crippen LogP contribution < -0.4 is 5.32 Å². The number of nitrogens with zero attached hydrogens (tertiary/aromatic N) is 3. The molecule has 2 aromatic carbocycles. The number of nitrogens with one attached hydrogen (secondary N) is 1. The van der Waals surface area contributed by atoms with Crippen LogP contribution in [0, 0.1) is 11.8 Å². The van der Waals surface area contributed by atoms with Crippen molar-refractivity contribution in [1.82, 2.24) is 19.7 Å². The summed E-state index contributed by atoms with van der Waals surface area (Å²) in [7, 11) is 3.70. The topological polar surface area (TPSA) is 87.0 Å². The van der Waals surface area contributed by atoms with Crippen molar-refractivity contribution in [2.75, 3.05) is 26.7 Å². The normalized spacial score (nSPS) is 19.5. The fraction of sp³-hybridized carbons (Fsp3) is 0.500. The summed E-state index contributed by atoms with van der Waals surface area (Å²) >= 11 is 0. The van der Waals surface area contributed by atoms with Gasteiger partial charge in [0, 0.05) is 55.6 Å². The zero-order valence-corrected chi connectivity index (χ0v) is 24.8. The second kappa shape index (κ2) is 12.4. The van der Waals surface area contributed by atoms with Gasteiger partial charge in [-0.3, -0.25) is 4.79 Å². The van der Waals surface area contributed by atoms with E-state index >= 15 is 0 Å². The molecule has 216 valence electrons. The number of hydrogen-bond donors (Lipinski definition) is 2. The summed E-state index contributed by atoms with van der Waals surface area (Å²) in [5.74, 6) is 0.0761. The second-order valence-electron chi connectivity index (χ2n) is 11.6. The van der Waals surface area contributed by atoms with Crippen LogP contribution in [0.4, 0.5) is 4.79 Å². The van der Waals surface area contributed by atoms with Crippen molar-refractivity contribution in [2.45, 2.75) is 59.4 Å². The Bertz CT molecular complexity index is 1350. The number of para-hydroxylation sites is 1. The van der Waals surface area contributed by atoms with Gasteiger partial charge < -0.3 is 29.5 Å². The number of aryl methyl sites for hydroxylation is 1. The van der Waals surface area contributed by atoms with E-state index in [1.165, 1.54) is 0 Å². The van der Waals surface area contributed by atoms with Crippen LogP contribution in [0.5, 0.6) is 0 Å². The molecule has 4 rings (SSSR count). The summed E-state index contributed by atoms with van der Waals surface area (Å²) in [5, 5.41) is 14.2. The monoisotopic (exact) mass is 548 g/mol. The molecule has 0 saturated carbocycles. The summed E-state index contributed by atoms with van der Waals surface area (Å²) in [6, 6.07) is 15.6. The smallest absolute Gasteiger partial charge is 0.317 e. The first kappa shape index (κ1) is 29.6. The summed E-state index contributed by atoms with van der Waals surface area (Å²) in [6.07, 6.45) is -0.336. The Morgan fingerprint density at radius 3 is 2.50 bits per heavy atom. The molecule has 1 aliphatic rings. The number of hydrogen-bond acceptors (Lipinski definition) is 4. The Morgan fingerprint density at radius 1 is 1.12 bits per heavy atom. The maximum atomic E-state index is 14.4. The molecule has 3 amide bonds. The number of aliphatic hydroxyl groups excluding tert-OH is 1. The van der Waals surface area contributed by atoms with Gasteiger partial charge in [-0.2, -0.15) is 0 Å². The third-order valence-corrected chi connectivity index (χ3v) is 8.38. The number of likely N-dealkylation sites (N-methyl/N-ethyl adjacent to an activating group) is 1. The zero-order chi connectivity index (χ0) is 29.1. The van der Waals surface area contributed by atoms with Crippen molar-refractivity contribution < 1.29 is 19.4 Å². The summed E-state index contributed by atoms with van der Waals surface area (Å²) in [6.45, 7) is 11.0. The quantitative estimate of drug-likeness (QED) is 0.459. The highest BCUT2D eigenvalue weighted by molar-refractivity contribution is 6.10. The van der Waals surface area contributed by atoms with E-state index in [9.17, 15) is 14.7 Å². The van der Waals surface area contributed by atoms with Gasteiger partial charge in [-0.05, 0) is 37.0 Å². The van der Waals surface area contributed by atoms with E-state index in [1.807, 2.05) is 74.9 Å². The number of benzene rings is 2. The molecule has 1 aliphatic heterocycles. The molecule has 0 radical (unpaired) electrons. The highest BCUT2D eigenvalue weighted by Gasteiger charge is 2.34. The number of aromatic nitrogens is 1. The van der Waals surface area contributed by atoms with Crippen LogP contribution in [0.3, 0.4) is 0 Å². The van der Waals surface area contributed by atoms with Crippen molar-refractivity contribution in [3.63, 3.8) is 0 Å². The molecule has 40 heavy (non-hydrogen) atoms. The maximum absolute atomic E-state index is 14.4. The van der Waals surface area contributed by atoms with Crippen LogP contribution in [0.15, 0.2) is 48.5 Å². The molecule has 2 heterocycles. The number of amides is 3. The van der Waals surface area contributed by atoms with Gasteiger partial charge in [0.15, 0.2) is 0 Å². The molecule has 8 heteroatoms. The average Bonchev–Trinajstić information content (AvgIpc) is 3.23. The molecule has 0 saturated heterocycles. The van der Waals surface area contributed by atoms with Crippen molar-refractivity contribution in [3.8, 4) is 11.1 Å². The number of carbonyl (C=O) groups excluding carboxylic acids is 2. The van der Waals surface area contributed by atoms with E-state index in [0.29, 0.717) is 31.3 Å². The SMILES string of the molecule is CC(C)[C@H](C)NC(=O)N(C)C[C@H]1OCc2ccccc2-c2c(n(C)c3ccccc23)C(=O)N([C@@H](C)CO)C[C@@H]1C. The molecule has 4 atom stereocenters. The minimum absolute atomic E-state index is 0.0413. The predicted octanol–water partition coefficient (Wildman–Crippen LogP) is 4.89. The Morgan fingerprint density at radius 2 is 1.80 bits per heavy atom. The summed E-state index contributed by atoms with van der Waals surface area (Å²) in [4.78, 5) is 30.8. The molecular formula is C32H44N4O4. The Labute approximate surface area is 237 Å². The molecular weight excluding hydrogens is 504 g/mol. The number of urea groups is 1. The molecule has 3 aromatic rings. The van der Waals surface area contributed by atoms with Gasteiger partial charge in [-0.15, -0.1) is 0 Å². The molecule has 0 fully saturated rings. The van der Waals surface area contributed by atoms with Crippen LogP contribution in [-0.2, 0) is 18.4 Å². The van der Waals surface area contributed by atoms with Crippen LogP contribution in [0.2, 0.25) is 0 Å². The van der Waals surface area contributed by atoms with Crippen LogP contribution >= 0.6 is 0 Å². The predicted molar refractivity (Wildman–Crippen MR) is 159 cm³/mol. The molecule has 1 aromatic heterocycles. The minimum Gasteiger partial charge on any atom is -0.394 e. The number of ether oxygens (including phenoxy) is 1. The van der Waals surface area contributed by atoms with E-state index in [-0.39, 0.29) is 36.6 Å². The Kier molecular flexibility index (Phi) is 9.21. The second-order valence-corrected chi connectivity index (χ2v) is 11.6. The summed E-state index contributed by atoms with van der Waals surface area (Å²) in [5.41, 5.74) is 4.37. The van der Waals surface area contributed by atoms with Crippen LogP contribution in [-0.4, -0.2) is 76.3 Å². The third-order valence-electron chi connectivity index (χ3n) is 8.38. The van der Waals surface area contributed by atoms with E-state index in [2.05, 4.69) is 25.2 Å². The van der Waals surface area contributed by atoms with Gasteiger partial charge in [-0.25, -0.2) is 4.79 Å². The lowest BCUT2D eigenvalue weighted by molar-refractivity contribution is -0.0186. The summed E-state index contributed by atoms with van der Waals surface area (Å²) < 4.78 is 8.56. The van der Waals surface area contributed by atoms with Crippen LogP contribution in [0.25, 0.3) is 22.0 Å². The molecule has 8 nitrogen and oxygen atoms in total. The lowest BCUT2D eigenvalue weighted by Gasteiger charge is -2.35. The zero-order valence-electron chi connectivity index (χ0n) is 24.8. The fourth-order valence-electron chi connectivity index (χ4n) is 5.35. The molecule has 0 unspecified atom stereocenters. The Hall–Kier alpha value is -3.36. The van der Waals surface area contributed by atoms with Gasteiger partial charge in [-0.1, -0.05) is 63.2 Å². The van der Waals surface area contributed by atoms with Gasteiger partial charge in [0.05, 0.1) is 25.4 Å². The number of fused-ring (bicyclic) bond motifs is 5. The average molecular weight is 549 g/mol. The first-order valence-corrected chi connectivity index (χ1v) is 14.3. The molecule has 2 N–H and O–H groups in total. The highest BCUT2D eigenvalue weighted by Crippen LogP contribution is 2.38. The maximum Gasteiger partial charge on any atom is 0.317 e. The van der Waals surface area contributed by atoms with Gasteiger partial charge in [0.1, 0.15) is 5.69 Å². The van der Waals surface area contributed by atoms with E-state index < -0.39 is 6.04 Å². The van der Waals surface area contributed by atoms with Crippen molar-refractivity contribution in [2.24, 2.45) is 18.9 Å². The van der Waals surface area contributed by atoms with E-state index in [4.69, 9.17) is 4.74 Å². The fourth-order valence-corrected chi connectivity index (χ4v) is 5.35. The molecule has 0 bridgehead atoms. The largest absolute Gasteiger partial charge is 0.394 e. The van der Waals surface area contributed by atoms with E-state index in [1.54, 1.807) is 16.8 Å². The highest BCUT2D eigenvalue weighted by atomic mass is 16.5. The number of carbonyl (C=O) groups is 2. The van der Waals surface area contributed by atoms with Crippen molar-refractivity contribution in [3.05, 3.63) is 59.8 Å². The third kappa shape index (κ3) is 5.88. The lowest BCUT2D eigenvalue weighted by Crippen LogP contribution is -2.50. The molecule has 0 spiro atoms. The number of rotatable bonds is 6.